The van der Waals surface area contributed by atoms with E-state index in [0.29, 0.717) is 11.3 Å². The Morgan fingerprint density at radius 2 is 1.81 bits per heavy atom. The van der Waals surface area contributed by atoms with Crippen molar-refractivity contribution in [3.05, 3.63) is 0 Å². The van der Waals surface area contributed by atoms with Crippen LogP contribution in [0.15, 0.2) is 0 Å². The lowest BCUT2D eigenvalue weighted by atomic mass is 9.95. The first-order chi connectivity index (χ1) is 7.75. The first kappa shape index (κ1) is 8.89. The fourth-order valence-corrected chi connectivity index (χ4v) is 9.76. The zero-order valence-electron chi connectivity index (χ0n) is 8.66. The number of alkyl halides is 2. The van der Waals surface area contributed by atoms with Gasteiger partial charge in [-0.05, 0) is 35.0 Å². The van der Waals surface area contributed by atoms with E-state index in [1.807, 2.05) is 0 Å². The lowest BCUT2D eigenvalue weighted by Gasteiger charge is -2.37. The second-order valence-corrected chi connectivity index (χ2v) is 8.41. The normalized spacial score (nSPS) is 77.6. The molecule has 0 amide bonds. The van der Waals surface area contributed by atoms with Gasteiger partial charge in [0, 0.05) is 11.2 Å². The minimum absolute atomic E-state index is 0.189. The van der Waals surface area contributed by atoms with Crippen LogP contribution in [0.2, 0.25) is 0 Å². The largest absolute Gasteiger partial charge is 0.346 e. The van der Waals surface area contributed by atoms with Crippen LogP contribution in [0, 0.1) is 40.9 Å². The van der Waals surface area contributed by atoms with Gasteiger partial charge in [-0.15, -0.1) is 0 Å². The summed E-state index contributed by atoms with van der Waals surface area (Å²) < 4.78 is 12.4. The molecule has 1 aliphatic heterocycles. The third-order valence-electron chi connectivity index (χ3n) is 6.81. The lowest BCUT2D eigenvalue weighted by molar-refractivity contribution is -0.192. The summed E-state index contributed by atoms with van der Waals surface area (Å²) in [6.07, 6.45) is 0. The Morgan fingerprint density at radius 1 is 1.06 bits per heavy atom. The van der Waals surface area contributed by atoms with Gasteiger partial charge in [0.05, 0.1) is 17.5 Å². The van der Waals surface area contributed by atoms with E-state index >= 15 is 0 Å². The van der Waals surface area contributed by atoms with Gasteiger partial charge >= 0.3 is 0 Å². The monoisotopic (exact) mass is 346 g/mol. The highest BCUT2D eigenvalue weighted by Crippen LogP contribution is 3.04. The van der Waals surface area contributed by atoms with Crippen LogP contribution in [0.1, 0.15) is 0 Å². The third kappa shape index (κ3) is 0.473. The molecule has 16 heavy (non-hydrogen) atoms. The Balaban J connectivity index is 1.63. The summed E-state index contributed by atoms with van der Waals surface area (Å²) in [6, 6.07) is 0. The second-order valence-electron chi connectivity index (χ2n) is 6.54. The highest BCUT2D eigenvalue weighted by atomic mass is 79.9. The number of hydrogen-bond acceptors (Lipinski definition) is 2. The average Bonchev–Trinajstić information content (AvgIpc) is 2.97. The van der Waals surface area contributed by atoms with Crippen LogP contribution in [-0.4, -0.2) is 28.7 Å². The molecule has 6 aliphatic carbocycles. The molecule has 0 radical (unpaired) electrons. The zero-order valence-corrected chi connectivity index (χ0v) is 11.8. The van der Waals surface area contributed by atoms with Crippen molar-refractivity contribution in [2.75, 3.05) is 18.5 Å². The van der Waals surface area contributed by atoms with Crippen LogP contribution < -0.4 is 0 Å². The molecular weight excluding hydrogens is 336 g/mol. The van der Waals surface area contributed by atoms with Gasteiger partial charge < -0.3 is 9.47 Å². The Morgan fingerprint density at radius 3 is 2.25 bits per heavy atom. The van der Waals surface area contributed by atoms with Gasteiger partial charge in [0.1, 0.15) is 0 Å². The molecule has 2 bridgehead atoms. The van der Waals surface area contributed by atoms with Crippen LogP contribution >= 0.6 is 31.9 Å². The number of halogens is 2. The predicted octanol–water partition coefficient (Wildman–Crippen LogP) is 2.01. The molecule has 2 nitrogen and oxygen atoms in total. The molecule has 1 heterocycles. The van der Waals surface area contributed by atoms with Gasteiger partial charge in [-0.25, -0.2) is 0 Å². The Bertz CT molecular complexity index is 448. The van der Waals surface area contributed by atoms with Gasteiger partial charge in [0.2, 0.25) is 0 Å². The second kappa shape index (κ2) is 2.00. The van der Waals surface area contributed by atoms with E-state index in [-0.39, 0.29) is 10.1 Å². The van der Waals surface area contributed by atoms with Gasteiger partial charge in [0.25, 0.3) is 0 Å². The topological polar surface area (TPSA) is 18.5 Å². The standard InChI is InChI=1S/C12H12Br2O2/c13-3-10-5-4-6(5)11(14)9(10)8(10)7(4)12(11)15-1-2-16-12/h4-9H,1-3H2/t4-,5-,6+,7-,8+,9-,10-,11-/m1/s1. The fraction of sp³-hybridized carbons (Fsp3) is 1.00. The molecule has 0 aromatic rings. The maximum atomic E-state index is 6.11. The molecule has 0 aromatic heterocycles. The van der Waals surface area contributed by atoms with Gasteiger partial charge in [-0.1, -0.05) is 31.9 Å². The van der Waals surface area contributed by atoms with Gasteiger partial charge in [0.15, 0.2) is 5.79 Å². The average molecular weight is 348 g/mol. The molecule has 6 saturated carbocycles. The van der Waals surface area contributed by atoms with Crippen molar-refractivity contribution in [2.45, 2.75) is 10.1 Å². The summed E-state index contributed by atoms with van der Waals surface area (Å²) in [4.78, 5) is 0. The van der Waals surface area contributed by atoms with Crippen molar-refractivity contribution >= 4 is 31.9 Å². The van der Waals surface area contributed by atoms with Crippen LogP contribution in [-0.2, 0) is 9.47 Å². The molecule has 8 atom stereocenters. The molecule has 86 valence electrons. The van der Waals surface area contributed by atoms with Crippen LogP contribution in [0.3, 0.4) is 0 Å². The Hall–Kier alpha value is 0.880. The van der Waals surface area contributed by atoms with Gasteiger partial charge in [-0.3, -0.25) is 0 Å². The van der Waals surface area contributed by atoms with Crippen molar-refractivity contribution in [2.24, 2.45) is 40.9 Å². The molecule has 1 spiro atoms. The predicted molar refractivity (Wildman–Crippen MR) is 63.5 cm³/mol. The lowest BCUT2D eigenvalue weighted by Crippen LogP contribution is -2.50. The molecule has 4 heteroatoms. The molecule has 0 aromatic carbocycles. The van der Waals surface area contributed by atoms with E-state index in [9.17, 15) is 0 Å². The number of ether oxygens (including phenoxy) is 2. The Labute approximate surface area is 111 Å². The summed E-state index contributed by atoms with van der Waals surface area (Å²) in [5.74, 6) is 5.01. The highest BCUT2D eigenvalue weighted by molar-refractivity contribution is 9.10. The van der Waals surface area contributed by atoms with Crippen LogP contribution in [0.25, 0.3) is 0 Å². The van der Waals surface area contributed by atoms with E-state index in [4.69, 9.17) is 9.47 Å². The fourth-order valence-electron chi connectivity index (χ4n) is 6.87. The molecule has 7 fully saturated rings. The van der Waals surface area contributed by atoms with E-state index in [1.54, 1.807) is 0 Å². The first-order valence-electron chi connectivity index (χ1n) is 6.28. The van der Waals surface area contributed by atoms with Crippen LogP contribution in [0.4, 0.5) is 0 Å². The number of rotatable bonds is 1. The quantitative estimate of drug-likeness (QED) is 0.675. The minimum atomic E-state index is -0.212. The molecule has 7 aliphatic rings. The van der Waals surface area contributed by atoms with Crippen molar-refractivity contribution in [1.82, 2.24) is 0 Å². The molecule has 1 saturated heterocycles. The van der Waals surface area contributed by atoms with E-state index in [1.165, 1.54) is 5.33 Å². The molecule has 7 rings (SSSR count). The molecular formula is C12H12Br2O2. The van der Waals surface area contributed by atoms with Crippen LogP contribution in [0.5, 0.6) is 0 Å². The summed E-state index contributed by atoms with van der Waals surface area (Å²) in [5, 5.41) is 1.20. The van der Waals surface area contributed by atoms with Crippen molar-refractivity contribution in [3.8, 4) is 0 Å². The molecule has 0 N–H and O–H groups in total. The minimum Gasteiger partial charge on any atom is -0.346 e. The zero-order chi connectivity index (χ0) is 10.5. The smallest absolute Gasteiger partial charge is 0.187 e. The van der Waals surface area contributed by atoms with Crippen molar-refractivity contribution < 1.29 is 9.47 Å². The third-order valence-corrected chi connectivity index (χ3v) is 9.35. The highest BCUT2D eigenvalue weighted by Gasteiger charge is 3.08. The van der Waals surface area contributed by atoms with E-state index in [0.717, 1.165) is 42.8 Å². The van der Waals surface area contributed by atoms with Crippen molar-refractivity contribution in [3.63, 3.8) is 0 Å². The summed E-state index contributed by atoms with van der Waals surface area (Å²) in [6.45, 7) is 1.60. The summed E-state index contributed by atoms with van der Waals surface area (Å²) >= 11 is 7.89. The Kier molecular flexibility index (Phi) is 1.11. The van der Waals surface area contributed by atoms with Crippen molar-refractivity contribution in [1.29, 1.82) is 0 Å². The maximum Gasteiger partial charge on any atom is 0.187 e. The first-order valence-corrected chi connectivity index (χ1v) is 8.19. The number of hydrogen-bond donors (Lipinski definition) is 0. The van der Waals surface area contributed by atoms with E-state index < -0.39 is 0 Å². The van der Waals surface area contributed by atoms with Gasteiger partial charge in [-0.2, -0.15) is 0 Å². The SMILES string of the molecule is BrC[C@@]12[C@@H]3[C@H]4[C@@H]5[C@H]1[C@H]2[C@](Br)([C@@H]43)C51OCCO1. The maximum absolute atomic E-state index is 6.11. The molecule has 0 unspecified atom stereocenters. The summed E-state index contributed by atoms with van der Waals surface area (Å²) in [7, 11) is 0. The van der Waals surface area contributed by atoms with E-state index in [2.05, 4.69) is 31.9 Å². The summed E-state index contributed by atoms with van der Waals surface area (Å²) in [5.41, 5.74) is 0.643.